The van der Waals surface area contributed by atoms with Gasteiger partial charge in [-0.15, -0.1) is 13.1 Å². The third kappa shape index (κ3) is 62.7. The number of rotatable bonds is 42. The van der Waals surface area contributed by atoms with E-state index in [9.17, 15) is 0 Å². The molecule has 0 aromatic heterocycles. The third-order valence-corrected chi connectivity index (χ3v) is 11.7. The molecular weight excluding hydrogens is 734 g/mol. The molecule has 0 atom stereocenters. The Morgan fingerprint density at radius 2 is 0.569 bits per heavy atom. The van der Waals surface area contributed by atoms with E-state index in [0.717, 1.165) is 59.8 Å². The second-order valence-electron chi connectivity index (χ2n) is 20.1. The first-order chi connectivity index (χ1) is 27.4. The van der Waals surface area contributed by atoms with Gasteiger partial charge in [0.1, 0.15) is 0 Å². The second kappa shape index (κ2) is 51.4. The van der Waals surface area contributed by atoms with Gasteiger partial charge in [0.25, 0.3) is 0 Å². The van der Waals surface area contributed by atoms with Crippen LogP contribution in [0.1, 0.15) is 247 Å². The predicted octanol–water partition coefficient (Wildman–Crippen LogP) is 12.3. The van der Waals surface area contributed by atoms with E-state index >= 15 is 0 Å². The van der Waals surface area contributed by atoms with Crippen LogP contribution >= 0.6 is 0 Å². The van der Waals surface area contributed by atoms with Crippen LogP contribution in [0.15, 0.2) is 0 Å². The molecule has 0 saturated carbocycles. The van der Waals surface area contributed by atoms with Crippen molar-refractivity contribution in [3.63, 3.8) is 0 Å². The van der Waals surface area contributed by atoms with Gasteiger partial charge in [0.2, 0.25) is 0 Å². The minimum Gasteiger partial charge on any atom is -1.00 e. The van der Waals surface area contributed by atoms with Gasteiger partial charge in [0.15, 0.2) is 0 Å². The molecule has 0 fully saturated rings. The van der Waals surface area contributed by atoms with Crippen molar-refractivity contribution in [3.8, 4) is 0 Å². The summed E-state index contributed by atoms with van der Waals surface area (Å²) in [6, 6.07) is 0. The van der Waals surface area contributed by atoms with Gasteiger partial charge in [-0.25, -0.2) is 0 Å². The van der Waals surface area contributed by atoms with Crippen LogP contribution in [-0.2, 0) is 0 Å². The third-order valence-electron chi connectivity index (χ3n) is 11.7. The largest absolute Gasteiger partial charge is 1.00 e. The summed E-state index contributed by atoms with van der Waals surface area (Å²) in [5, 5.41) is 22.0. The summed E-state index contributed by atoms with van der Waals surface area (Å²) in [6.45, 7) is 21.2. The highest BCUT2D eigenvalue weighted by Gasteiger charge is 2.12. The van der Waals surface area contributed by atoms with Crippen molar-refractivity contribution in [1.82, 2.24) is 0 Å². The summed E-state index contributed by atoms with van der Waals surface area (Å²) in [6.07, 6.45) is 44.8. The lowest BCUT2D eigenvalue weighted by molar-refractivity contribution is -0.890. The first-order valence-electron chi connectivity index (χ1n) is 25.9. The topological polar surface area (TPSA) is 54.6 Å². The smallest absolute Gasteiger partial charge is 0.0804 e. The molecule has 0 heterocycles. The summed E-state index contributed by atoms with van der Waals surface area (Å²) in [5.41, 5.74) is 0. The van der Waals surface area contributed by atoms with Crippen molar-refractivity contribution >= 4 is 0 Å². The average Bonchev–Trinajstić information content (AvgIpc) is 3.15. The fourth-order valence-corrected chi connectivity index (χ4v) is 7.99. The van der Waals surface area contributed by atoms with Crippen molar-refractivity contribution in [1.29, 1.82) is 0 Å². The van der Waals surface area contributed by atoms with Crippen LogP contribution in [-0.4, -0.2) is 99.9 Å². The molecule has 58 heavy (non-hydrogen) atoms. The molecule has 0 aliphatic carbocycles. The van der Waals surface area contributed by atoms with Crippen molar-refractivity contribution < 1.29 is 31.6 Å². The molecule has 0 amide bonds. The summed E-state index contributed by atoms with van der Waals surface area (Å²) in [4.78, 5) is 0. The molecule has 356 valence electrons. The SMILES string of the molecule is CC(C)CCCCCCCCCCCCCCC[N-]CCCCCCCCCCCCCCCC(C)C.CCC[N+](C)(C)CCCO.CCC[N+](C)(C)CCCO.[Cl-]. The lowest BCUT2D eigenvalue weighted by atomic mass is 10.0. The standard InChI is InChI=1S/C36H74N.2C8H20NO.ClH/c1-35(2)31-27-23-19-15-11-7-5-9-13-17-21-25-29-33-37-34-30-26-22-18-14-10-6-8-12-16-20-24-28-32-36(3)4;2*1-4-6-9(2,3)7-5-8-10;/h35-36H,5-34H2,1-4H3;2*10H,4-8H2,1-3H3;1H/q-1;2*+1;/p-1. The van der Waals surface area contributed by atoms with E-state index in [1.165, 1.54) is 206 Å². The molecule has 0 aliphatic rings. The Balaban J connectivity index is -0.000000564. The monoisotopic (exact) mass is 848 g/mol. The van der Waals surface area contributed by atoms with E-state index < -0.39 is 0 Å². The molecule has 0 radical (unpaired) electrons. The molecule has 5 nitrogen and oxygen atoms in total. The molecule has 0 aromatic carbocycles. The maximum atomic E-state index is 8.59. The van der Waals surface area contributed by atoms with E-state index in [4.69, 9.17) is 15.5 Å². The summed E-state index contributed by atoms with van der Waals surface area (Å²) in [5.74, 6) is 1.78. The predicted molar refractivity (Wildman–Crippen MR) is 260 cm³/mol. The number of halogens is 1. The number of nitrogens with zero attached hydrogens (tertiary/aromatic N) is 3. The maximum absolute atomic E-state index is 8.59. The van der Waals surface area contributed by atoms with Gasteiger partial charge in [-0.3, -0.25) is 0 Å². The Kier molecular flexibility index (Phi) is 57.4. The van der Waals surface area contributed by atoms with Crippen LogP contribution in [0, 0.1) is 11.8 Å². The molecule has 0 saturated heterocycles. The molecule has 0 bridgehead atoms. The van der Waals surface area contributed by atoms with Gasteiger partial charge in [-0.05, 0) is 24.7 Å². The van der Waals surface area contributed by atoms with Gasteiger partial charge < -0.3 is 36.9 Å². The van der Waals surface area contributed by atoms with Gasteiger partial charge in [-0.1, -0.05) is 221 Å². The zero-order chi connectivity index (χ0) is 43.1. The van der Waals surface area contributed by atoms with Crippen LogP contribution in [0.3, 0.4) is 0 Å². The summed E-state index contributed by atoms with van der Waals surface area (Å²) in [7, 11) is 8.83. The number of aliphatic hydroxyl groups is 2. The van der Waals surface area contributed by atoms with Crippen molar-refractivity contribution in [3.05, 3.63) is 5.32 Å². The van der Waals surface area contributed by atoms with E-state index in [1.54, 1.807) is 0 Å². The Labute approximate surface area is 375 Å². The Hall–Kier alpha value is 0.0900. The molecule has 2 N–H and O–H groups in total. The Morgan fingerprint density at radius 1 is 0.345 bits per heavy atom. The van der Waals surface area contributed by atoms with Crippen LogP contribution in [0.2, 0.25) is 0 Å². The molecule has 6 heteroatoms. The van der Waals surface area contributed by atoms with Crippen molar-refractivity contribution in [2.75, 3.05) is 80.7 Å². The molecular formula is C52H114ClN3O2. The zero-order valence-corrected chi connectivity index (χ0v) is 42.8. The number of aliphatic hydroxyl groups excluding tert-OH is 2. The lowest BCUT2D eigenvalue weighted by Gasteiger charge is -2.28. The minimum absolute atomic E-state index is 0. The van der Waals surface area contributed by atoms with Gasteiger partial charge in [0.05, 0.1) is 54.4 Å². The van der Waals surface area contributed by atoms with Crippen LogP contribution in [0.25, 0.3) is 5.32 Å². The minimum atomic E-state index is 0. The average molecular weight is 849 g/mol. The molecule has 0 spiro atoms. The van der Waals surface area contributed by atoms with Crippen molar-refractivity contribution in [2.24, 2.45) is 11.8 Å². The Bertz CT molecular complexity index is 661. The Morgan fingerprint density at radius 3 is 0.776 bits per heavy atom. The van der Waals surface area contributed by atoms with E-state index in [-0.39, 0.29) is 12.4 Å². The van der Waals surface area contributed by atoms with Crippen LogP contribution in [0.4, 0.5) is 0 Å². The van der Waals surface area contributed by atoms with E-state index in [1.807, 2.05) is 0 Å². The summed E-state index contributed by atoms with van der Waals surface area (Å²) < 4.78 is 2.08. The fourth-order valence-electron chi connectivity index (χ4n) is 7.99. The normalized spacial score (nSPS) is 11.7. The zero-order valence-electron chi connectivity index (χ0n) is 42.1. The number of hydrogen-bond donors (Lipinski definition) is 2. The number of unbranched alkanes of at least 4 members (excludes halogenated alkanes) is 24. The fraction of sp³-hybridized carbons (Fsp3) is 1.00. The van der Waals surface area contributed by atoms with E-state index in [2.05, 4.69) is 69.7 Å². The first kappa shape index (κ1) is 64.7. The molecule has 0 aliphatic heterocycles. The highest BCUT2D eigenvalue weighted by atomic mass is 35.5. The first-order valence-corrected chi connectivity index (χ1v) is 25.9. The second-order valence-corrected chi connectivity index (χ2v) is 20.1. The van der Waals surface area contributed by atoms with Crippen molar-refractivity contribution in [2.45, 2.75) is 247 Å². The van der Waals surface area contributed by atoms with Gasteiger partial charge >= 0.3 is 0 Å². The molecule has 0 unspecified atom stereocenters. The number of hydrogen-bond acceptors (Lipinski definition) is 2. The van der Waals surface area contributed by atoms with E-state index in [0.29, 0.717) is 13.2 Å². The molecule has 0 aromatic rings. The quantitative estimate of drug-likeness (QED) is 0.0475. The van der Waals surface area contributed by atoms with Gasteiger partial charge in [-0.2, -0.15) is 0 Å². The van der Waals surface area contributed by atoms with Gasteiger partial charge in [0, 0.05) is 26.1 Å². The highest BCUT2D eigenvalue weighted by molar-refractivity contribution is 4.78. The molecule has 0 rings (SSSR count). The number of quaternary nitrogens is 2. The van der Waals surface area contributed by atoms with Crippen LogP contribution < -0.4 is 12.4 Å². The maximum Gasteiger partial charge on any atom is 0.0804 e. The summed E-state index contributed by atoms with van der Waals surface area (Å²) >= 11 is 0. The highest BCUT2D eigenvalue weighted by Crippen LogP contribution is 2.16. The van der Waals surface area contributed by atoms with Crippen LogP contribution in [0.5, 0.6) is 0 Å². The lowest BCUT2D eigenvalue weighted by Crippen LogP contribution is -3.00.